The maximum Gasteiger partial charge on any atom is 0.302 e. The largest absolute Gasteiger partial charge is 0.466 e. The Bertz CT molecular complexity index is 172. The molecule has 0 saturated heterocycles. The highest BCUT2D eigenvalue weighted by molar-refractivity contribution is 7.80. The van der Waals surface area contributed by atoms with Crippen LogP contribution in [-0.4, -0.2) is 18.3 Å². The van der Waals surface area contributed by atoms with Crippen molar-refractivity contribution in [2.24, 2.45) is 0 Å². The van der Waals surface area contributed by atoms with Gasteiger partial charge in [-0.3, -0.25) is 4.79 Å². The van der Waals surface area contributed by atoms with Gasteiger partial charge in [0, 0.05) is 6.92 Å². The Morgan fingerprint density at radius 1 is 0.824 bits per heavy atom. The second-order valence-corrected chi connectivity index (χ2v) is 5.05. The Hall–Kier alpha value is -0.180. The maximum absolute atomic E-state index is 10.5. The van der Waals surface area contributed by atoms with Crippen molar-refractivity contribution in [2.45, 2.75) is 71.1 Å². The average molecular weight is 260 g/mol. The summed E-state index contributed by atoms with van der Waals surface area (Å²) in [5.41, 5.74) is 0. The Morgan fingerprint density at radius 3 is 1.65 bits per heavy atom. The Morgan fingerprint density at radius 2 is 1.24 bits per heavy atom. The van der Waals surface area contributed by atoms with E-state index < -0.39 is 0 Å². The fourth-order valence-electron chi connectivity index (χ4n) is 1.84. The van der Waals surface area contributed by atoms with Crippen molar-refractivity contribution < 1.29 is 9.53 Å². The summed E-state index contributed by atoms with van der Waals surface area (Å²) in [4.78, 5) is 10.5. The molecular weight excluding hydrogens is 232 g/mol. The zero-order valence-electron chi connectivity index (χ0n) is 11.2. The van der Waals surface area contributed by atoms with Crippen molar-refractivity contribution in [3.8, 4) is 0 Å². The van der Waals surface area contributed by atoms with Crippen molar-refractivity contribution in [3.05, 3.63) is 0 Å². The van der Waals surface area contributed by atoms with Gasteiger partial charge >= 0.3 is 5.97 Å². The van der Waals surface area contributed by atoms with Crippen molar-refractivity contribution in [1.29, 1.82) is 0 Å². The molecule has 0 aliphatic heterocycles. The van der Waals surface area contributed by atoms with Crippen LogP contribution in [0.4, 0.5) is 0 Å². The Balaban J connectivity index is 2.91. The van der Waals surface area contributed by atoms with E-state index in [0.29, 0.717) is 6.61 Å². The molecule has 0 radical (unpaired) electrons. The first kappa shape index (κ1) is 16.8. The molecule has 0 aromatic carbocycles. The van der Waals surface area contributed by atoms with E-state index in [9.17, 15) is 4.79 Å². The quantitative estimate of drug-likeness (QED) is 0.320. The van der Waals surface area contributed by atoms with Gasteiger partial charge in [-0.15, -0.1) is 0 Å². The number of ether oxygens (including phenoxy) is 1. The second kappa shape index (κ2) is 13.9. The summed E-state index contributed by atoms with van der Waals surface area (Å²) >= 11 is 4.20. The summed E-state index contributed by atoms with van der Waals surface area (Å²) in [6.45, 7) is 2.06. The van der Waals surface area contributed by atoms with Crippen LogP contribution in [0.1, 0.15) is 71.1 Å². The first-order valence-corrected chi connectivity index (χ1v) is 7.65. The minimum Gasteiger partial charge on any atom is -0.466 e. The van der Waals surface area contributed by atoms with Crippen molar-refractivity contribution in [3.63, 3.8) is 0 Å². The molecule has 3 heteroatoms. The normalized spacial score (nSPS) is 10.5. The van der Waals surface area contributed by atoms with Crippen LogP contribution < -0.4 is 0 Å². The van der Waals surface area contributed by atoms with Gasteiger partial charge in [-0.2, -0.15) is 12.6 Å². The molecular formula is C14H28O2S. The third kappa shape index (κ3) is 15.8. The number of hydrogen-bond donors (Lipinski definition) is 1. The highest BCUT2D eigenvalue weighted by atomic mass is 32.1. The molecule has 0 atom stereocenters. The van der Waals surface area contributed by atoms with Crippen molar-refractivity contribution in [2.75, 3.05) is 12.4 Å². The van der Waals surface area contributed by atoms with Crippen LogP contribution in [0.25, 0.3) is 0 Å². The molecule has 0 N–H and O–H groups in total. The monoisotopic (exact) mass is 260 g/mol. The number of carbonyl (C=O) groups is 1. The molecule has 0 fully saturated rings. The molecule has 0 saturated carbocycles. The summed E-state index contributed by atoms with van der Waals surface area (Å²) in [5, 5.41) is 0. The molecule has 0 amide bonds. The van der Waals surface area contributed by atoms with E-state index in [2.05, 4.69) is 12.6 Å². The molecule has 102 valence electrons. The van der Waals surface area contributed by atoms with Gasteiger partial charge in [0.15, 0.2) is 0 Å². The third-order valence-corrected chi connectivity index (χ3v) is 3.17. The molecule has 2 nitrogen and oxygen atoms in total. The van der Waals surface area contributed by atoms with Gasteiger partial charge in [-0.1, -0.05) is 51.4 Å². The topological polar surface area (TPSA) is 26.3 Å². The van der Waals surface area contributed by atoms with E-state index in [-0.39, 0.29) is 5.97 Å². The van der Waals surface area contributed by atoms with Crippen molar-refractivity contribution >= 4 is 18.6 Å². The van der Waals surface area contributed by atoms with Gasteiger partial charge in [0.25, 0.3) is 0 Å². The lowest BCUT2D eigenvalue weighted by Gasteiger charge is -2.03. The van der Waals surface area contributed by atoms with Gasteiger partial charge < -0.3 is 4.74 Å². The highest BCUT2D eigenvalue weighted by Crippen LogP contribution is 2.10. The Kier molecular flexibility index (Phi) is 13.7. The number of unbranched alkanes of at least 4 members (excludes halogenated alkanes) is 9. The van der Waals surface area contributed by atoms with E-state index >= 15 is 0 Å². The predicted octanol–water partition coefficient (Wildman–Crippen LogP) is 4.38. The standard InChI is InChI=1S/C14H28O2S/c1-14(15)16-12-10-8-6-4-2-3-5-7-9-11-13-17/h17H,2-13H2,1H3. The summed E-state index contributed by atoms with van der Waals surface area (Å²) in [5.74, 6) is 0.869. The molecule has 0 aliphatic rings. The van der Waals surface area contributed by atoms with Crippen LogP contribution >= 0.6 is 12.6 Å². The van der Waals surface area contributed by atoms with E-state index in [1.807, 2.05) is 0 Å². The minimum atomic E-state index is -0.161. The number of thiol groups is 1. The SMILES string of the molecule is CC(=O)OCCCCCCCCCCCCS. The molecule has 0 aromatic rings. The molecule has 0 unspecified atom stereocenters. The summed E-state index contributed by atoms with van der Waals surface area (Å²) in [7, 11) is 0. The predicted molar refractivity (Wildman–Crippen MR) is 76.7 cm³/mol. The van der Waals surface area contributed by atoms with Gasteiger partial charge in [0.05, 0.1) is 6.61 Å². The summed E-state index contributed by atoms with van der Waals surface area (Å²) in [6, 6.07) is 0. The molecule has 0 rings (SSSR count). The van der Waals surface area contributed by atoms with Gasteiger partial charge in [-0.05, 0) is 18.6 Å². The maximum atomic E-state index is 10.5. The molecule has 17 heavy (non-hydrogen) atoms. The number of carbonyl (C=O) groups excluding carboxylic acids is 1. The van der Waals surface area contributed by atoms with Crippen LogP contribution in [0.3, 0.4) is 0 Å². The second-order valence-electron chi connectivity index (χ2n) is 4.60. The van der Waals surface area contributed by atoms with E-state index in [0.717, 1.165) is 12.2 Å². The third-order valence-electron chi connectivity index (χ3n) is 2.86. The number of rotatable bonds is 12. The molecule has 0 heterocycles. The first-order valence-electron chi connectivity index (χ1n) is 7.01. The summed E-state index contributed by atoms with van der Waals surface area (Å²) < 4.78 is 4.88. The average Bonchev–Trinajstić information content (AvgIpc) is 2.30. The van der Waals surface area contributed by atoms with Crippen molar-refractivity contribution in [1.82, 2.24) is 0 Å². The van der Waals surface area contributed by atoms with Crippen LogP contribution in [-0.2, 0) is 9.53 Å². The van der Waals surface area contributed by atoms with Gasteiger partial charge in [-0.25, -0.2) is 0 Å². The molecule has 0 spiro atoms. The molecule has 0 aromatic heterocycles. The van der Waals surface area contributed by atoms with Gasteiger partial charge in [0.1, 0.15) is 0 Å². The first-order chi connectivity index (χ1) is 8.27. The lowest BCUT2D eigenvalue weighted by molar-refractivity contribution is -0.141. The molecule has 0 aliphatic carbocycles. The lowest BCUT2D eigenvalue weighted by atomic mass is 10.1. The smallest absolute Gasteiger partial charge is 0.302 e. The lowest BCUT2D eigenvalue weighted by Crippen LogP contribution is -2.00. The zero-order valence-corrected chi connectivity index (χ0v) is 12.1. The van der Waals surface area contributed by atoms with Crippen LogP contribution in [0.2, 0.25) is 0 Å². The highest BCUT2D eigenvalue weighted by Gasteiger charge is 1.94. The molecule has 0 bridgehead atoms. The fourth-order valence-corrected chi connectivity index (χ4v) is 2.07. The Labute approximate surface area is 112 Å². The van der Waals surface area contributed by atoms with Crippen LogP contribution in [0, 0.1) is 0 Å². The van der Waals surface area contributed by atoms with E-state index in [1.165, 1.54) is 64.7 Å². The van der Waals surface area contributed by atoms with Gasteiger partial charge in [0.2, 0.25) is 0 Å². The minimum absolute atomic E-state index is 0.161. The van der Waals surface area contributed by atoms with E-state index in [4.69, 9.17) is 4.74 Å². The van der Waals surface area contributed by atoms with Crippen LogP contribution in [0.5, 0.6) is 0 Å². The fraction of sp³-hybridized carbons (Fsp3) is 0.929. The van der Waals surface area contributed by atoms with Crippen LogP contribution in [0.15, 0.2) is 0 Å². The zero-order chi connectivity index (χ0) is 12.8. The summed E-state index contributed by atoms with van der Waals surface area (Å²) in [6.07, 6.45) is 12.9. The number of hydrogen-bond acceptors (Lipinski definition) is 3. The number of esters is 1. The van der Waals surface area contributed by atoms with E-state index in [1.54, 1.807) is 0 Å².